The molecular formula is C36H39Cl2N3O5S. The Morgan fingerprint density at radius 2 is 1.55 bits per heavy atom. The van der Waals surface area contributed by atoms with Gasteiger partial charge < -0.3 is 15.0 Å². The molecule has 4 rings (SSSR count). The van der Waals surface area contributed by atoms with Gasteiger partial charge in [0.05, 0.1) is 17.7 Å². The van der Waals surface area contributed by atoms with E-state index in [1.807, 2.05) is 44.2 Å². The predicted octanol–water partition coefficient (Wildman–Crippen LogP) is 7.06. The number of ether oxygens (including phenoxy) is 1. The van der Waals surface area contributed by atoms with Gasteiger partial charge in [-0.1, -0.05) is 96.7 Å². The minimum Gasteiger partial charge on any atom is -0.497 e. The summed E-state index contributed by atoms with van der Waals surface area (Å²) in [5.74, 6) is -0.574. The number of unbranched alkanes of at least 4 members (excludes halogenated alkanes) is 1. The van der Waals surface area contributed by atoms with Crippen molar-refractivity contribution in [2.75, 3.05) is 24.5 Å². The maximum atomic E-state index is 14.6. The van der Waals surface area contributed by atoms with Gasteiger partial charge in [0, 0.05) is 41.2 Å². The highest BCUT2D eigenvalue weighted by molar-refractivity contribution is 7.92. The fourth-order valence-electron chi connectivity index (χ4n) is 5.05. The van der Waals surface area contributed by atoms with Crippen LogP contribution in [0.4, 0.5) is 5.69 Å². The standard InChI is InChI=1S/C36H39Cl2N3O5S/c1-4-5-21-39-36(43)34(22-27-11-7-6-8-12-27)40(24-31-32(37)15-10-16-33(31)38)35(42)25-41(28-13-9-14-29(23-28)46-3)47(44,45)30-19-17-26(2)18-20-30/h6-20,23,34H,4-5,21-22,24-25H2,1-3H3,(H,39,43)/t34-/m1/s1. The monoisotopic (exact) mass is 695 g/mol. The molecule has 11 heteroatoms. The Kier molecular flexibility index (Phi) is 12.7. The molecule has 0 bridgehead atoms. The first-order valence-electron chi connectivity index (χ1n) is 15.3. The lowest BCUT2D eigenvalue weighted by molar-refractivity contribution is -0.140. The third-order valence-electron chi connectivity index (χ3n) is 7.72. The van der Waals surface area contributed by atoms with Crippen molar-refractivity contribution in [1.29, 1.82) is 0 Å². The molecule has 4 aromatic carbocycles. The number of sulfonamides is 1. The number of methoxy groups -OCH3 is 1. The second-order valence-corrected chi connectivity index (χ2v) is 13.8. The topological polar surface area (TPSA) is 96.0 Å². The quantitative estimate of drug-likeness (QED) is 0.134. The van der Waals surface area contributed by atoms with Crippen LogP contribution in [0.5, 0.6) is 5.75 Å². The van der Waals surface area contributed by atoms with Crippen LogP contribution < -0.4 is 14.4 Å². The number of anilines is 1. The van der Waals surface area contributed by atoms with E-state index in [1.165, 1.54) is 24.1 Å². The lowest BCUT2D eigenvalue weighted by Crippen LogP contribution is -2.53. The SMILES string of the molecule is CCCCNC(=O)[C@@H](Cc1ccccc1)N(Cc1c(Cl)cccc1Cl)C(=O)CN(c1cccc(OC)c1)S(=O)(=O)c1ccc(C)cc1. The van der Waals surface area contributed by atoms with Crippen molar-refractivity contribution in [2.45, 2.75) is 50.6 Å². The van der Waals surface area contributed by atoms with Crippen molar-refractivity contribution < 1.29 is 22.7 Å². The molecule has 2 amide bonds. The average molecular weight is 697 g/mol. The van der Waals surface area contributed by atoms with Crippen LogP contribution in [-0.4, -0.2) is 51.4 Å². The minimum absolute atomic E-state index is 0.0116. The van der Waals surface area contributed by atoms with Crippen LogP contribution in [0.25, 0.3) is 0 Å². The van der Waals surface area contributed by atoms with Crippen LogP contribution in [0.1, 0.15) is 36.5 Å². The first kappa shape index (κ1) is 35.8. The maximum Gasteiger partial charge on any atom is 0.264 e. The third kappa shape index (κ3) is 9.28. The highest BCUT2D eigenvalue weighted by Crippen LogP contribution is 2.30. The number of nitrogens with zero attached hydrogens (tertiary/aromatic N) is 2. The van der Waals surface area contributed by atoms with Crippen molar-refractivity contribution >= 4 is 50.7 Å². The molecule has 0 saturated carbocycles. The number of carbonyl (C=O) groups is 2. The summed E-state index contributed by atoms with van der Waals surface area (Å²) in [6, 6.07) is 26.2. The van der Waals surface area contributed by atoms with Gasteiger partial charge >= 0.3 is 0 Å². The van der Waals surface area contributed by atoms with Gasteiger partial charge in [0.2, 0.25) is 11.8 Å². The molecule has 0 radical (unpaired) electrons. The number of hydrogen-bond donors (Lipinski definition) is 1. The Balaban J connectivity index is 1.83. The molecule has 0 aliphatic heterocycles. The number of halogens is 2. The summed E-state index contributed by atoms with van der Waals surface area (Å²) in [7, 11) is -2.78. The highest BCUT2D eigenvalue weighted by Gasteiger charge is 2.35. The van der Waals surface area contributed by atoms with Crippen molar-refractivity contribution in [3.8, 4) is 5.75 Å². The number of benzene rings is 4. The molecule has 8 nitrogen and oxygen atoms in total. The zero-order valence-electron chi connectivity index (χ0n) is 26.7. The zero-order valence-corrected chi connectivity index (χ0v) is 29.0. The van der Waals surface area contributed by atoms with Crippen molar-refractivity contribution in [2.24, 2.45) is 0 Å². The Morgan fingerprint density at radius 1 is 0.894 bits per heavy atom. The summed E-state index contributed by atoms with van der Waals surface area (Å²) in [6.45, 7) is 3.55. The van der Waals surface area contributed by atoms with Gasteiger partial charge in [-0.25, -0.2) is 8.42 Å². The smallest absolute Gasteiger partial charge is 0.264 e. The third-order valence-corrected chi connectivity index (χ3v) is 10.2. The van der Waals surface area contributed by atoms with Crippen LogP contribution in [0, 0.1) is 6.92 Å². The summed E-state index contributed by atoms with van der Waals surface area (Å²) in [5.41, 5.74) is 2.37. The molecular weight excluding hydrogens is 657 g/mol. The van der Waals surface area contributed by atoms with Gasteiger partial charge in [0.25, 0.3) is 10.0 Å². The summed E-state index contributed by atoms with van der Waals surface area (Å²) in [5, 5.41) is 3.60. The van der Waals surface area contributed by atoms with Gasteiger partial charge in [-0.15, -0.1) is 0 Å². The van der Waals surface area contributed by atoms with Crippen LogP contribution in [0.15, 0.2) is 102 Å². The van der Waals surface area contributed by atoms with Crippen LogP contribution in [-0.2, 0) is 32.6 Å². The van der Waals surface area contributed by atoms with Gasteiger partial charge in [0.15, 0.2) is 0 Å². The van der Waals surface area contributed by atoms with Gasteiger partial charge in [0.1, 0.15) is 18.3 Å². The predicted molar refractivity (Wildman–Crippen MR) is 188 cm³/mol. The fourth-order valence-corrected chi connectivity index (χ4v) is 6.97. The number of hydrogen-bond acceptors (Lipinski definition) is 5. The molecule has 0 aliphatic carbocycles. The molecule has 47 heavy (non-hydrogen) atoms. The normalized spacial score (nSPS) is 11.9. The first-order chi connectivity index (χ1) is 22.5. The Labute approximate surface area is 287 Å². The van der Waals surface area contributed by atoms with Crippen LogP contribution in [0.3, 0.4) is 0 Å². The minimum atomic E-state index is -4.26. The second-order valence-electron chi connectivity index (χ2n) is 11.1. The lowest BCUT2D eigenvalue weighted by atomic mass is 10.0. The van der Waals surface area contributed by atoms with E-state index in [9.17, 15) is 18.0 Å². The Hall–Kier alpha value is -4.05. The number of rotatable bonds is 15. The number of amides is 2. The molecule has 1 atom stereocenters. The summed E-state index contributed by atoms with van der Waals surface area (Å²) >= 11 is 13.2. The van der Waals surface area contributed by atoms with E-state index in [1.54, 1.807) is 54.6 Å². The number of aryl methyl sites for hydroxylation is 1. The van der Waals surface area contributed by atoms with Crippen LogP contribution >= 0.6 is 23.2 Å². The van der Waals surface area contributed by atoms with Gasteiger partial charge in [-0.2, -0.15) is 0 Å². The molecule has 1 N–H and O–H groups in total. The second kappa shape index (κ2) is 16.7. The molecule has 0 unspecified atom stereocenters. The molecule has 0 saturated heterocycles. The first-order valence-corrected chi connectivity index (χ1v) is 17.5. The zero-order chi connectivity index (χ0) is 34.0. The molecule has 4 aromatic rings. The van der Waals surface area contributed by atoms with Gasteiger partial charge in [-0.05, 0) is 55.3 Å². The van der Waals surface area contributed by atoms with Crippen molar-refractivity contribution in [3.05, 3.63) is 124 Å². The Morgan fingerprint density at radius 3 is 2.19 bits per heavy atom. The fraction of sp³-hybridized carbons (Fsp3) is 0.278. The lowest BCUT2D eigenvalue weighted by Gasteiger charge is -2.34. The Bertz CT molecular complexity index is 1750. The van der Waals surface area contributed by atoms with E-state index in [-0.39, 0.29) is 29.5 Å². The summed E-state index contributed by atoms with van der Waals surface area (Å²) in [6.07, 6.45) is 1.80. The largest absolute Gasteiger partial charge is 0.497 e. The van der Waals surface area contributed by atoms with Gasteiger partial charge in [-0.3, -0.25) is 13.9 Å². The highest BCUT2D eigenvalue weighted by atomic mass is 35.5. The number of carbonyl (C=O) groups excluding carboxylic acids is 2. The van der Waals surface area contributed by atoms with Crippen molar-refractivity contribution in [3.63, 3.8) is 0 Å². The average Bonchev–Trinajstić information content (AvgIpc) is 3.07. The molecule has 0 spiro atoms. The maximum absolute atomic E-state index is 14.6. The van der Waals surface area contributed by atoms with Crippen molar-refractivity contribution in [1.82, 2.24) is 10.2 Å². The molecule has 248 valence electrons. The molecule has 0 aromatic heterocycles. The molecule has 0 heterocycles. The van der Waals surface area contributed by atoms with E-state index in [0.717, 1.165) is 28.3 Å². The summed E-state index contributed by atoms with van der Waals surface area (Å²) in [4.78, 5) is 29.9. The van der Waals surface area contributed by atoms with E-state index in [0.29, 0.717) is 27.9 Å². The molecule has 0 fully saturated rings. The van der Waals surface area contributed by atoms with E-state index >= 15 is 0 Å². The van der Waals surface area contributed by atoms with Crippen LogP contribution in [0.2, 0.25) is 10.0 Å². The van der Waals surface area contributed by atoms with E-state index in [4.69, 9.17) is 27.9 Å². The van der Waals surface area contributed by atoms with E-state index < -0.39 is 28.5 Å². The summed E-state index contributed by atoms with van der Waals surface area (Å²) < 4.78 is 34.9. The number of nitrogens with one attached hydrogen (secondary N) is 1. The van der Waals surface area contributed by atoms with E-state index in [2.05, 4.69) is 5.32 Å². The molecule has 0 aliphatic rings.